The summed E-state index contributed by atoms with van der Waals surface area (Å²) < 4.78 is 0. The van der Waals surface area contributed by atoms with Gasteiger partial charge in [0.2, 0.25) is 5.91 Å². The third-order valence-electron chi connectivity index (χ3n) is 5.98. The smallest absolute Gasteiger partial charge is 0.225 e. The lowest BCUT2D eigenvalue weighted by Gasteiger charge is -2.32. The zero-order chi connectivity index (χ0) is 19.5. The maximum Gasteiger partial charge on any atom is 0.225 e. The van der Waals surface area contributed by atoms with E-state index in [0.29, 0.717) is 12.5 Å². The van der Waals surface area contributed by atoms with E-state index in [2.05, 4.69) is 22.1 Å². The van der Waals surface area contributed by atoms with Crippen molar-refractivity contribution < 1.29 is 4.79 Å². The maximum absolute atomic E-state index is 12.3. The molecule has 28 heavy (non-hydrogen) atoms. The first-order valence-corrected chi connectivity index (χ1v) is 12.1. The minimum absolute atomic E-state index is 0.148. The summed E-state index contributed by atoms with van der Waals surface area (Å²) in [5.74, 6) is 0.950. The quantitative estimate of drug-likeness (QED) is 0.773. The molecule has 0 unspecified atom stereocenters. The molecule has 1 aliphatic heterocycles. The van der Waals surface area contributed by atoms with Gasteiger partial charge in [0.15, 0.2) is 0 Å². The molecule has 1 fully saturated rings. The lowest BCUT2D eigenvalue weighted by molar-refractivity contribution is -0.121. The molecular formula is C21H30N4OS2. The van der Waals surface area contributed by atoms with E-state index in [1.165, 1.54) is 54.4 Å². The van der Waals surface area contributed by atoms with E-state index in [1.807, 2.05) is 24.5 Å². The fourth-order valence-electron chi connectivity index (χ4n) is 4.46. The van der Waals surface area contributed by atoms with E-state index in [9.17, 15) is 4.79 Å². The van der Waals surface area contributed by atoms with E-state index in [1.54, 1.807) is 11.3 Å². The Labute approximate surface area is 175 Å². The van der Waals surface area contributed by atoms with Crippen LogP contribution < -0.4 is 5.32 Å². The number of carbonyl (C=O) groups is 1. The van der Waals surface area contributed by atoms with Crippen molar-refractivity contribution in [2.75, 3.05) is 13.1 Å². The molecule has 2 aliphatic rings. The molecule has 5 nitrogen and oxygen atoms in total. The van der Waals surface area contributed by atoms with Crippen LogP contribution in [0.25, 0.3) is 0 Å². The number of thiazole rings is 2. The van der Waals surface area contributed by atoms with E-state index >= 15 is 0 Å². The summed E-state index contributed by atoms with van der Waals surface area (Å²) >= 11 is 3.49. The van der Waals surface area contributed by atoms with Gasteiger partial charge >= 0.3 is 0 Å². The van der Waals surface area contributed by atoms with Crippen molar-refractivity contribution in [2.24, 2.45) is 5.92 Å². The minimum atomic E-state index is 0.148. The standard InChI is InChI=1S/C21H30N4OS2/c1-14-22-12-18(27-14)11-21(26)24-17-5-3-16(4-6-17)7-9-25-10-8-20-19(13-25)23-15(2)28-20/h12,16-17H,3-11,13H2,1-2H3,(H,24,26). The van der Waals surface area contributed by atoms with Gasteiger partial charge in [-0.25, -0.2) is 9.97 Å². The summed E-state index contributed by atoms with van der Waals surface area (Å²) in [5, 5.41) is 5.47. The Hall–Kier alpha value is -1.31. The fourth-order valence-corrected chi connectivity index (χ4v) is 6.18. The van der Waals surface area contributed by atoms with Crippen molar-refractivity contribution in [2.45, 2.75) is 71.4 Å². The largest absolute Gasteiger partial charge is 0.353 e. The molecule has 3 heterocycles. The Morgan fingerprint density at radius 1 is 1.21 bits per heavy atom. The second-order valence-electron chi connectivity index (χ2n) is 8.23. The normalized spacial score (nSPS) is 22.8. The van der Waals surface area contributed by atoms with Gasteiger partial charge in [-0.15, -0.1) is 22.7 Å². The Balaban J connectivity index is 1.15. The molecule has 1 saturated carbocycles. The number of amides is 1. The molecule has 0 spiro atoms. The van der Waals surface area contributed by atoms with Crippen LogP contribution in [0, 0.1) is 19.8 Å². The van der Waals surface area contributed by atoms with E-state index < -0.39 is 0 Å². The molecular weight excluding hydrogens is 388 g/mol. The van der Waals surface area contributed by atoms with E-state index in [-0.39, 0.29) is 5.91 Å². The molecule has 0 radical (unpaired) electrons. The fraction of sp³-hybridized carbons (Fsp3) is 0.667. The summed E-state index contributed by atoms with van der Waals surface area (Å²) in [5.41, 5.74) is 1.32. The predicted octanol–water partition coefficient (Wildman–Crippen LogP) is 3.88. The molecule has 7 heteroatoms. The van der Waals surface area contributed by atoms with Crippen molar-refractivity contribution in [1.82, 2.24) is 20.2 Å². The zero-order valence-electron chi connectivity index (χ0n) is 16.9. The topological polar surface area (TPSA) is 58.1 Å². The number of carbonyl (C=O) groups excluding carboxylic acids is 1. The number of rotatable bonds is 6. The molecule has 1 amide bonds. The molecule has 1 aliphatic carbocycles. The summed E-state index contributed by atoms with van der Waals surface area (Å²) in [6.45, 7) is 7.48. The maximum atomic E-state index is 12.3. The molecule has 2 aromatic heterocycles. The third-order valence-corrected chi connectivity index (χ3v) is 7.97. The van der Waals surface area contributed by atoms with Gasteiger partial charge in [0.25, 0.3) is 0 Å². The van der Waals surface area contributed by atoms with Crippen LogP contribution in [0.3, 0.4) is 0 Å². The number of hydrogen-bond donors (Lipinski definition) is 1. The number of aromatic nitrogens is 2. The van der Waals surface area contributed by atoms with Gasteiger partial charge in [0.1, 0.15) is 0 Å². The van der Waals surface area contributed by atoms with Gasteiger partial charge in [-0.1, -0.05) is 0 Å². The Bertz CT molecular complexity index is 807. The van der Waals surface area contributed by atoms with Crippen LogP contribution in [0.1, 0.15) is 57.6 Å². The first-order valence-electron chi connectivity index (χ1n) is 10.4. The summed E-state index contributed by atoms with van der Waals surface area (Å²) in [6, 6.07) is 0.355. The van der Waals surface area contributed by atoms with Crippen LogP contribution in [0.15, 0.2) is 6.20 Å². The van der Waals surface area contributed by atoms with Crippen molar-refractivity contribution in [3.05, 3.63) is 31.7 Å². The summed E-state index contributed by atoms with van der Waals surface area (Å²) in [7, 11) is 0. The van der Waals surface area contributed by atoms with E-state index in [4.69, 9.17) is 4.98 Å². The number of fused-ring (bicyclic) bond motifs is 1. The van der Waals surface area contributed by atoms with Crippen LogP contribution in [0.5, 0.6) is 0 Å². The van der Waals surface area contributed by atoms with Crippen LogP contribution in [0.4, 0.5) is 0 Å². The number of nitrogens with one attached hydrogen (secondary N) is 1. The Morgan fingerprint density at radius 3 is 2.79 bits per heavy atom. The van der Waals surface area contributed by atoms with Gasteiger partial charge in [-0.05, 0) is 64.8 Å². The van der Waals surface area contributed by atoms with Crippen molar-refractivity contribution >= 4 is 28.6 Å². The van der Waals surface area contributed by atoms with E-state index in [0.717, 1.165) is 35.2 Å². The Morgan fingerprint density at radius 2 is 2.04 bits per heavy atom. The molecule has 0 atom stereocenters. The first kappa shape index (κ1) is 20.0. The number of nitrogens with zero attached hydrogens (tertiary/aromatic N) is 3. The highest BCUT2D eigenvalue weighted by Gasteiger charge is 2.24. The monoisotopic (exact) mass is 418 g/mol. The van der Waals surface area contributed by atoms with Crippen LogP contribution in [0.2, 0.25) is 0 Å². The molecule has 0 bridgehead atoms. The van der Waals surface area contributed by atoms with Gasteiger partial charge in [0.05, 0.1) is 22.1 Å². The average molecular weight is 419 g/mol. The lowest BCUT2D eigenvalue weighted by atomic mass is 9.84. The van der Waals surface area contributed by atoms with Crippen molar-refractivity contribution in [1.29, 1.82) is 0 Å². The molecule has 4 rings (SSSR count). The molecule has 1 N–H and O–H groups in total. The number of aryl methyl sites for hydroxylation is 2. The third kappa shape index (κ3) is 5.19. The van der Waals surface area contributed by atoms with Crippen LogP contribution in [-0.4, -0.2) is 39.9 Å². The van der Waals surface area contributed by atoms with Crippen LogP contribution in [-0.2, 0) is 24.2 Å². The molecule has 0 saturated heterocycles. The van der Waals surface area contributed by atoms with Gasteiger partial charge in [-0.3, -0.25) is 9.69 Å². The van der Waals surface area contributed by atoms with Gasteiger partial charge in [0, 0.05) is 35.1 Å². The van der Waals surface area contributed by atoms with Gasteiger partial charge < -0.3 is 5.32 Å². The number of hydrogen-bond acceptors (Lipinski definition) is 6. The minimum Gasteiger partial charge on any atom is -0.353 e. The van der Waals surface area contributed by atoms with Gasteiger partial charge in [-0.2, -0.15) is 0 Å². The average Bonchev–Trinajstić information content (AvgIpc) is 3.24. The highest BCUT2D eigenvalue weighted by atomic mass is 32.1. The molecule has 2 aromatic rings. The predicted molar refractivity (Wildman–Crippen MR) is 115 cm³/mol. The molecule has 0 aromatic carbocycles. The second kappa shape index (κ2) is 9.01. The van der Waals surface area contributed by atoms with Crippen molar-refractivity contribution in [3.63, 3.8) is 0 Å². The van der Waals surface area contributed by atoms with Crippen molar-refractivity contribution in [3.8, 4) is 0 Å². The SMILES string of the molecule is Cc1ncc(CC(=O)NC2CCC(CCN3CCc4sc(C)nc4C3)CC2)s1. The highest BCUT2D eigenvalue weighted by molar-refractivity contribution is 7.11. The van der Waals surface area contributed by atoms with Crippen LogP contribution >= 0.6 is 22.7 Å². The summed E-state index contributed by atoms with van der Waals surface area (Å²) in [4.78, 5) is 26.3. The zero-order valence-corrected chi connectivity index (χ0v) is 18.5. The second-order valence-corrected chi connectivity index (χ2v) is 10.8. The highest BCUT2D eigenvalue weighted by Crippen LogP contribution is 2.29. The summed E-state index contributed by atoms with van der Waals surface area (Å²) in [6.07, 6.45) is 9.45. The first-order chi connectivity index (χ1) is 13.5. The lowest BCUT2D eigenvalue weighted by Crippen LogP contribution is -2.39. The Kier molecular flexibility index (Phi) is 6.43. The molecule has 152 valence electrons.